The zero-order chi connectivity index (χ0) is 12.9. The SMILES string of the molecule is c1ccc(-c2ccnc(Oc3ncncn3)n2)nc1. The highest BCUT2D eigenvalue weighted by atomic mass is 16.5. The Morgan fingerprint density at radius 3 is 2.42 bits per heavy atom. The van der Waals surface area contributed by atoms with Crippen LogP contribution in [-0.2, 0) is 0 Å². The lowest BCUT2D eigenvalue weighted by Gasteiger charge is -2.03. The Bertz CT molecular complexity index is 661. The van der Waals surface area contributed by atoms with Gasteiger partial charge in [-0.2, -0.15) is 15.0 Å². The summed E-state index contributed by atoms with van der Waals surface area (Å²) >= 11 is 0. The summed E-state index contributed by atoms with van der Waals surface area (Å²) in [6.07, 6.45) is 5.97. The van der Waals surface area contributed by atoms with Crippen LogP contribution >= 0.6 is 0 Å². The van der Waals surface area contributed by atoms with Crippen LogP contribution in [0.3, 0.4) is 0 Å². The fourth-order valence-corrected chi connectivity index (χ4v) is 1.41. The van der Waals surface area contributed by atoms with Crippen LogP contribution < -0.4 is 4.74 Å². The summed E-state index contributed by atoms with van der Waals surface area (Å²) in [6, 6.07) is 7.64. The third kappa shape index (κ3) is 2.65. The fraction of sp³-hybridized carbons (Fsp3) is 0. The van der Waals surface area contributed by atoms with Gasteiger partial charge in [-0.3, -0.25) is 4.98 Å². The molecule has 92 valence electrons. The molecule has 0 aliphatic heterocycles. The van der Waals surface area contributed by atoms with Crippen molar-refractivity contribution in [3.05, 3.63) is 49.3 Å². The topological polar surface area (TPSA) is 86.6 Å². The Hall–Kier alpha value is -2.96. The lowest BCUT2D eigenvalue weighted by molar-refractivity contribution is 0.405. The minimum atomic E-state index is 0.146. The van der Waals surface area contributed by atoms with Crippen molar-refractivity contribution in [2.75, 3.05) is 0 Å². The van der Waals surface area contributed by atoms with Gasteiger partial charge in [0.15, 0.2) is 0 Å². The first-order valence-corrected chi connectivity index (χ1v) is 5.46. The van der Waals surface area contributed by atoms with Crippen LogP contribution in [0.15, 0.2) is 49.3 Å². The molecule has 0 unspecified atom stereocenters. The second-order valence-electron chi connectivity index (χ2n) is 3.46. The standard InChI is InChI=1S/C12H8N6O/c1-2-5-14-9(3-1)10-4-6-15-12(18-10)19-11-16-7-13-8-17-11/h1-8H. The zero-order valence-corrected chi connectivity index (χ0v) is 9.71. The van der Waals surface area contributed by atoms with E-state index in [0.717, 1.165) is 5.69 Å². The number of aromatic nitrogens is 6. The van der Waals surface area contributed by atoms with Gasteiger partial charge in [-0.15, -0.1) is 0 Å². The van der Waals surface area contributed by atoms with Crippen molar-refractivity contribution in [3.8, 4) is 23.4 Å². The molecule has 0 bridgehead atoms. The van der Waals surface area contributed by atoms with Gasteiger partial charge in [-0.05, 0) is 18.2 Å². The van der Waals surface area contributed by atoms with Crippen LogP contribution in [0.5, 0.6) is 12.0 Å². The van der Waals surface area contributed by atoms with Gasteiger partial charge in [0, 0.05) is 12.4 Å². The van der Waals surface area contributed by atoms with E-state index in [0.29, 0.717) is 5.69 Å². The van der Waals surface area contributed by atoms with Crippen LogP contribution in [0.1, 0.15) is 0 Å². The van der Waals surface area contributed by atoms with E-state index in [1.54, 1.807) is 18.5 Å². The van der Waals surface area contributed by atoms with E-state index < -0.39 is 0 Å². The lowest BCUT2D eigenvalue weighted by atomic mass is 10.3. The summed E-state index contributed by atoms with van der Waals surface area (Å²) in [5.41, 5.74) is 1.41. The molecule has 3 heterocycles. The second kappa shape index (κ2) is 5.13. The molecule has 3 rings (SSSR count). The molecule has 0 aliphatic rings. The maximum absolute atomic E-state index is 5.33. The maximum atomic E-state index is 5.33. The zero-order valence-electron chi connectivity index (χ0n) is 9.71. The smallest absolute Gasteiger partial charge is 0.327 e. The van der Waals surface area contributed by atoms with Gasteiger partial charge < -0.3 is 4.74 Å². The van der Waals surface area contributed by atoms with Crippen molar-refractivity contribution in [2.24, 2.45) is 0 Å². The Morgan fingerprint density at radius 1 is 0.737 bits per heavy atom. The van der Waals surface area contributed by atoms with Gasteiger partial charge >= 0.3 is 12.0 Å². The van der Waals surface area contributed by atoms with Crippen LogP contribution in [0.4, 0.5) is 0 Å². The number of hydrogen-bond acceptors (Lipinski definition) is 7. The highest BCUT2D eigenvalue weighted by Crippen LogP contribution is 2.17. The van der Waals surface area contributed by atoms with Crippen LogP contribution in [0, 0.1) is 0 Å². The third-order valence-corrected chi connectivity index (χ3v) is 2.21. The number of pyridine rings is 1. The second-order valence-corrected chi connectivity index (χ2v) is 3.46. The monoisotopic (exact) mass is 252 g/mol. The summed E-state index contributed by atoms with van der Waals surface area (Å²) in [5.74, 6) is 0. The van der Waals surface area contributed by atoms with Gasteiger partial charge in [0.05, 0.1) is 11.4 Å². The van der Waals surface area contributed by atoms with Gasteiger partial charge in [0.25, 0.3) is 0 Å². The molecule has 0 atom stereocenters. The van der Waals surface area contributed by atoms with Gasteiger partial charge in [-0.1, -0.05) is 6.07 Å². The highest BCUT2D eigenvalue weighted by Gasteiger charge is 2.06. The molecule has 3 aromatic rings. The first-order chi connectivity index (χ1) is 9.42. The van der Waals surface area contributed by atoms with Gasteiger partial charge in [0.1, 0.15) is 12.7 Å². The molecule has 0 aromatic carbocycles. The summed E-state index contributed by atoms with van der Waals surface area (Å²) in [6.45, 7) is 0. The summed E-state index contributed by atoms with van der Waals surface area (Å²) < 4.78 is 5.33. The minimum absolute atomic E-state index is 0.146. The normalized spacial score (nSPS) is 10.1. The molecule has 19 heavy (non-hydrogen) atoms. The molecule has 0 radical (unpaired) electrons. The number of hydrogen-bond donors (Lipinski definition) is 0. The Labute approximate surface area is 108 Å². The quantitative estimate of drug-likeness (QED) is 0.698. The number of nitrogens with zero attached hydrogens (tertiary/aromatic N) is 6. The van der Waals surface area contributed by atoms with E-state index in [2.05, 4.69) is 29.9 Å². The molecule has 7 nitrogen and oxygen atoms in total. The Morgan fingerprint density at radius 2 is 1.63 bits per heavy atom. The van der Waals surface area contributed by atoms with E-state index in [9.17, 15) is 0 Å². The van der Waals surface area contributed by atoms with Gasteiger partial charge in [0.2, 0.25) is 0 Å². The van der Waals surface area contributed by atoms with Crippen LogP contribution in [0.25, 0.3) is 11.4 Å². The predicted octanol–water partition coefficient (Wildman–Crippen LogP) is 1.52. The molecule has 7 heteroatoms. The van der Waals surface area contributed by atoms with E-state index in [-0.39, 0.29) is 12.0 Å². The maximum Gasteiger partial charge on any atom is 0.327 e. The number of rotatable bonds is 3. The van der Waals surface area contributed by atoms with E-state index >= 15 is 0 Å². The Kier molecular flexibility index (Phi) is 3.01. The third-order valence-electron chi connectivity index (χ3n) is 2.21. The molecule has 0 aliphatic carbocycles. The molecule has 0 amide bonds. The molecular weight excluding hydrogens is 244 g/mol. The highest BCUT2D eigenvalue weighted by molar-refractivity contribution is 5.53. The fourth-order valence-electron chi connectivity index (χ4n) is 1.41. The molecule has 3 aromatic heterocycles. The van der Waals surface area contributed by atoms with Crippen molar-refractivity contribution in [2.45, 2.75) is 0 Å². The predicted molar refractivity (Wildman–Crippen MR) is 65.2 cm³/mol. The minimum Gasteiger partial charge on any atom is -0.388 e. The largest absolute Gasteiger partial charge is 0.388 e. The first-order valence-electron chi connectivity index (χ1n) is 5.46. The molecule has 0 saturated carbocycles. The molecule has 0 N–H and O–H groups in total. The van der Waals surface area contributed by atoms with Crippen molar-refractivity contribution < 1.29 is 4.74 Å². The van der Waals surface area contributed by atoms with E-state index in [4.69, 9.17) is 4.74 Å². The first kappa shape index (κ1) is 11.1. The Balaban J connectivity index is 1.89. The van der Waals surface area contributed by atoms with E-state index in [1.165, 1.54) is 12.7 Å². The molecule has 0 fully saturated rings. The molecular formula is C12H8N6O. The van der Waals surface area contributed by atoms with Crippen molar-refractivity contribution in [1.29, 1.82) is 0 Å². The van der Waals surface area contributed by atoms with Gasteiger partial charge in [-0.25, -0.2) is 9.97 Å². The van der Waals surface area contributed by atoms with Crippen LogP contribution in [-0.4, -0.2) is 29.9 Å². The van der Waals surface area contributed by atoms with E-state index in [1.807, 2.05) is 18.2 Å². The van der Waals surface area contributed by atoms with Crippen molar-refractivity contribution in [3.63, 3.8) is 0 Å². The molecule has 0 spiro atoms. The lowest BCUT2D eigenvalue weighted by Crippen LogP contribution is -1.97. The summed E-state index contributed by atoms with van der Waals surface area (Å²) in [7, 11) is 0. The van der Waals surface area contributed by atoms with Crippen molar-refractivity contribution >= 4 is 0 Å². The summed E-state index contributed by atoms with van der Waals surface area (Å²) in [5, 5.41) is 0. The summed E-state index contributed by atoms with van der Waals surface area (Å²) in [4.78, 5) is 23.8. The van der Waals surface area contributed by atoms with Crippen LogP contribution in [0.2, 0.25) is 0 Å². The molecule has 0 saturated heterocycles. The number of ether oxygens (including phenoxy) is 1. The average molecular weight is 252 g/mol. The average Bonchev–Trinajstić information content (AvgIpc) is 2.49. The van der Waals surface area contributed by atoms with Crippen molar-refractivity contribution in [1.82, 2.24) is 29.9 Å².